The summed E-state index contributed by atoms with van der Waals surface area (Å²) in [5, 5.41) is 10.4. The van der Waals surface area contributed by atoms with Gasteiger partial charge in [-0.25, -0.2) is 13.6 Å². The van der Waals surface area contributed by atoms with E-state index in [1.807, 2.05) is 11.0 Å². The highest BCUT2D eigenvalue weighted by Crippen LogP contribution is 2.44. The van der Waals surface area contributed by atoms with Crippen LogP contribution in [0.1, 0.15) is 59.4 Å². The van der Waals surface area contributed by atoms with E-state index in [0.29, 0.717) is 30.1 Å². The maximum absolute atomic E-state index is 14.5. The van der Waals surface area contributed by atoms with E-state index < -0.39 is 6.43 Å². The number of rotatable bonds is 4. The average Bonchev–Trinajstić information content (AvgIpc) is 3.41. The average molecular weight is 535 g/mol. The molecule has 0 aliphatic carbocycles. The monoisotopic (exact) mass is 534 g/mol. The molecule has 206 valence electrons. The van der Waals surface area contributed by atoms with Gasteiger partial charge in [0, 0.05) is 62.4 Å². The lowest BCUT2D eigenvalue weighted by Gasteiger charge is -2.38. The van der Waals surface area contributed by atoms with Crippen LogP contribution in [0.2, 0.25) is 0 Å². The van der Waals surface area contributed by atoms with Crippen molar-refractivity contribution in [1.82, 2.24) is 25.3 Å². The Balaban J connectivity index is 1.48. The van der Waals surface area contributed by atoms with Crippen LogP contribution in [0, 0.1) is 0 Å². The molecule has 1 aromatic heterocycles. The molecule has 0 atom stereocenters. The number of fused-ring (bicyclic) bond motifs is 2. The fourth-order valence-corrected chi connectivity index (χ4v) is 6.52. The lowest BCUT2D eigenvalue weighted by Crippen LogP contribution is -2.42. The van der Waals surface area contributed by atoms with Crippen LogP contribution in [0.5, 0.6) is 0 Å². The van der Waals surface area contributed by atoms with Gasteiger partial charge in [0.25, 0.3) is 6.43 Å². The van der Waals surface area contributed by atoms with Crippen molar-refractivity contribution >= 4 is 17.4 Å². The smallest absolute Gasteiger partial charge is 0.317 e. The van der Waals surface area contributed by atoms with Gasteiger partial charge in [0.1, 0.15) is 0 Å². The van der Waals surface area contributed by atoms with Gasteiger partial charge in [-0.1, -0.05) is 6.07 Å². The Morgan fingerprint density at radius 3 is 2.62 bits per heavy atom. The maximum atomic E-state index is 14.5. The standard InChI is InChI=1S/C30H36F2N6O/c1-33-30(39)37-11-7-20-12-22(19-5-8-34-9-6-19)14-28(26(20)18-37)38-10-3-4-21-13-24(23-16-35-36(2)17-23)25(29(31)32)15-27(21)38/h12-17,19,29,34H,3-11,18H2,1-2H3,(H,33,39). The minimum absolute atomic E-state index is 0.0315. The number of hydrogen-bond acceptors (Lipinski definition) is 4. The van der Waals surface area contributed by atoms with Crippen molar-refractivity contribution in [2.75, 3.05) is 38.1 Å². The predicted molar refractivity (Wildman–Crippen MR) is 149 cm³/mol. The van der Waals surface area contributed by atoms with Crippen LogP contribution < -0.4 is 15.5 Å². The molecule has 6 rings (SSSR count). The first-order valence-corrected chi connectivity index (χ1v) is 14.0. The summed E-state index contributed by atoms with van der Waals surface area (Å²) in [5.74, 6) is 0.473. The summed E-state index contributed by atoms with van der Waals surface area (Å²) in [4.78, 5) is 16.7. The van der Waals surface area contributed by atoms with Crippen LogP contribution in [-0.2, 0) is 26.4 Å². The van der Waals surface area contributed by atoms with Gasteiger partial charge in [0.2, 0.25) is 0 Å². The van der Waals surface area contributed by atoms with E-state index >= 15 is 0 Å². The van der Waals surface area contributed by atoms with Gasteiger partial charge in [-0.15, -0.1) is 0 Å². The van der Waals surface area contributed by atoms with E-state index in [1.165, 1.54) is 11.1 Å². The Bertz CT molecular complexity index is 1380. The fraction of sp³-hybridized carbons (Fsp3) is 0.467. The topological polar surface area (TPSA) is 65.4 Å². The Hall–Kier alpha value is -3.46. The summed E-state index contributed by atoms with van der Waals surface area (Å²) in [6, 6.07) is 8.18. The van der Waals surface area contributed by atoms with Crippen LogP contribution in [0.15, 0.2) is 36.7 Å². The summed E-state index contributed by atoms with van der Waals surface area (Å²) in [7, 11) is 3.46. The molecule has 2 amide bonds. The quantitative estimate of drug-likeness (QED) is 0.479. The Morgan fingerprint density at radius 1 is 1.08 bits per heavy atom. The van der Waals surface area contributed by atoms with Crippen molar-refractivity contribution < 1.29 is 13.6 Å². The molecular formula is C30H36F2N6O. The molecule has 0 spiro atoms. The van der Waals surface area contributed by atoms with Crippen LogP contribution in [-0.4, -0.2) is 53.9 Å². The van der Waals surface area contributed by atoms with Gasteiger partial charge in [-0.2, -0.15) is 5.10 Å². The van der Waals surface area contributed by atoms with Crippen molar-refractivity contribution in [2.24, 2.45) is 7.05 Å². The largest absolute Gasteiger partial charge is 0.341 e. The number of piperidine rings is 1. The van der Waals surface area contributed by atoms with E-state index in [1.54, 1.807) is 37.2 Å². The van der Waals surface area contributed by atoms with E-state index in [2.05, 4.69) is 32.8 Å². The summed E-state index contributed by atoms with van der Waals surface area (Å²) in [6.07, 6.45) is 5.57. The van der Waals surface area contributed by atoms with E-state index in [9.17, 15) is 13.6 Å². The number of halogens is 2. The van der Waals surface area contributed by atoms with Crippen molar-refractivity contribution in [2.45, 2.75) is 51.0 Å². The lowest BCUT2D eigenvalue weighted by molar-refractivity contribution is 0.152. The first kappa shape index (κ1) is 25.8. The molecule has 0 bridgehead atoms. The summed E-state index contributed by atoms with van der Waals surface area (Å²) in [5.41, 5.74) is 8.00. The molecule has 3 aliphatic rings. The Labute approximate surface area is 228 Å². The van der Waals surface area contributed by atoms with Crippen LogP contribution in [0.4, 0.5) is 25.0 Å². The van der Waals surface area contributed by atoms with Crippen molar-refractivity contribution in [3.63, 3.8) is 0 Å². The highest BCUT2D eigenvalue weighted by Gasteiger charge is 2.30. The third-order valence-electron chi connectivity index (χ3n) is 8.56. The Kier molecular flexibility index (Phi) is 7.01. The predicted octanol–water partition coefficient (Wildman–Crippen LogP) is 5.27. The number of urea groups is 1. The molecule has 1 fully saturated rings. The zero-order valence-electron chi connectivity index (χ0n) is 22.6. The zero-order valence-corrected chi connectivity index (χ0v) is 22.6. The van der Waals surface area contributed by atoms with Crippen molar-refractivity contribution in [1.29, 1.82) is 0 Å². The normalized spacial score (nSPS) is 17.8. The van der Waals surface area contributed by atoms with Crippen LogP contribution in [0.25, 0.3) is 11.1 Å². The summed E-state index contributed by atoms with van der Waals surface area (Å²) < 4.78 is 30.6. The summed E-state index contributed by atoms with van der Waals surface area (Å²) in [6.45, 7) is 3.94. The number of aryl methyl sites for hydroxylation is 2. The summed E-state index contributed by atoms with van der Waals surface area (Å²) >= 11 is 0. The molecule has 4 heterocycles. The number of nitrogens with one attached hydrogen (secondary N) is 2. The number of nitrogens with zero attached hydrogens (tertiary/aromatic N) is 4. The second-order valence-electron chi connectivity index (χ2n) is 11.0. The van der Waals surface area contributed by atoms with Crippen LogP contribution >= 0.6 is 0 Å². The zero-order chi connectivity index (χ0) is 27.1. The molecular weight excluding hydrogens is 498 g/mol. The molecule has 0 saturated carbocycles. The third-order valence-corrected chi connectivity index (χ3v) is 8.56. The van der Waals surface area contributed by atoms with E-state index in [4.69, 9.17) is 0 Å². The molecule has 9 heteroatoms. The number of carbonyl (C=O) groups is 1. The maximum Gasteiger partial charge on any atom is 0.317 e. The van der Waals surface area contributed by atoms with Gasteiger partial charge >= 0.3 is 6.03 Å². The van der Waals surface area contributed by atoms with Gasteiger partial charge in [-0.3, -0.25) is 4.68 Å². The molecule has 7 nitrogen and oxygen atoms in total. The van der Waals surface area contributed by atoms with Gasteiger partial charge in [0.05, 0.1) is 6.20 Å². The molecule has 2 N–H and O–H groups in total. The molecule has 3 aromatic rings. The lowest BCUT2D eigenvalue weighted by atomic mass is 9.85. The van der Waals surface area contributed by atoms with E-state index in [0.717, 1.165) is 74.2 Å². The number of amides is 2. The minimum atomic E-state index is -2.60. The van der Waals surface area contributed by atoms with Crippen LogP contribution in [0.3, 0.4) is 0 Å². The first-order chi connectivity index (χ1) is 18.9. The molecule has 1 saturated heterocycles. The number of benzene rings is 2. The number of aromatic nitrogens is 2. The second kappa shape index (κ2) is 10.6. The van der Waals surface area contributed by atoms with Gasteiger partial charge < -0.3 is 20.4 Å². The SMILES string of the molecule is CNC(=O)N1CCc2cc(C3CCNCC3)cc(N3CCCc4cc(-c5cnn(C)c5)c(C(F)F)cc43)c2C1. The number of anilines is 2. The van der Waals surface area contributed by atoms with Gasteiger partial charge in [0.15, 0.2) is 0 Å². The Morgan fingerprint density at radius 2 is 1.90 bits per heavy atom. The molecule has 39 heavy (non-hydrogen) atoms. The molecule has 0 radical (unpaired) electrons. The molecule has 2 aromatic carbocycles. The number of carbonyl (C=O) groups excluding carboxylic acids is 1. The number of alkyl halides is 2. The highest BCUT2D eigenvalue weighted by atomic mass is 19.3. The third kappa shape index (κ3) is 4.88. The number of hydrogen-bond donors (Lipinski definition) is 2. The van der Waals surface area contributed by atoms with Crippen molar-refractivity contribution in [3.8, 4) is 11.1 Å². The fourth-order valence-electron chi connectivity index (χ4n) is 6.52. The van der Waals surface area contributed by atoms with Gasteiger partial charge in [-0.05, 0) is 97.1 Å². The molecule has 0 unspecified atom stereocenters. The molecule has 3 aliphatic heterocycles. The highest BCUT2D eigenvalue weighted by molar-refractivity contribution is 5.79. The van der Waals surface area contributed by atoms with Crippen molar-refractivity contribution in [3.05, 3.63) is 64.5 Å². The van der Waals surface area contributed by atoms with E-state index in [-0.39, 0.29) is 11.6 Å². The first-order valence-electron chi connectivity index (χ1n) is 14.0. The minimum Gasteiger partial charge on any atom is -0.341 e. The second-order valence-corrected chi connectivity index (χ2v) is 11.0.